The predicted octanol–water partition coefficient (Wildman–Crippen LogP) is 6.05. The van der Waals surface area contributed by atoms with E-state index in [9.17, 15) is 22.8 Å². The first-order valence-electron chi connectivity index (χ1n) is 12.4. The number of aromatic nitrogens is 4. The summed E-state index contributed by atoms with van der Waals surface area (Å²) in [5.74, 6) is -0.168. The average Bonchev–Trinajstić information content (AvgIpc) is 3.55. The molecular formula is C25H30F3N7O3S. The van der Waals surface area contributed by atoms with Crippen LogP contribution >= 0.6 is 11.3 Å². The number of aromatic amines is 1. The fourth-order valence-electron chi connectivity index (χ4n) is 4.69. The Labute approximate surface area is 227 Å². The zero-order valence-electron chi connectivity index (χ0n) is 21.7. The van der Waals surface area contributed by atoms with Gasteiger partial charge >= 0.3 is 12.4 Å². The SMILES string of the molecule is CC(C)(C)C1CCC(N(Cc2ccc(C(=O)Nc3nn[nH]n3)s2)C(=O)Nc2ccc(OC(F)(F)F)cc2)CC1. The van der Waals surface area contributed by atoms with E-state index < -0.39 is 12.3 Å². The number of carbonyl (C=O) groups is 2. The van der Waals surface area contributed by atoms with E-state index in [4.69, 9.17) is 0 Å². The number of ether oxygens (including phenoxy) is 1. The van der Waals surface area contributed by atoms with Gasteiger partial charge in [0.1, 0.15) is 5.75 Å². The number of nitrogens with zero attached hydrogens (tertiary/aromatic N) is 4. The van der Waals surface area contributed by atoms with Crippen molar-refractivity contribution in [2.75, 3.05) is 10.6 Å². The normalized spacial score (nSPS) is 17.9. The summed E-state index contributed by atoms with van der Waals surface area (Å²) in [6.45, 7) is 6.94. The minimum atomic E-state index is -4.80. The molecule has 14 heteroatoms. The van der Waals surface area contributed by atoms with Crippen LogP contribution in [0.25, 0.3) is 0 Å². The second kappa shape index (κ2) is 11.6. The average molecular weight is 566 g/mol. The molecule has 1 fully saturated rings. The van der Waals surface area contributed by atoms with Crippen LogP contribution in [0.2, 0.25) is 0 Å². The summed E-state index contributed by atoms with van der Waals surface area (Å²) in [6, 6.07) is 8.08. The molecule has 0 bridgehead atoms. The first-order chi connectivity index (χ1) is 18.4. The lowest BCUT2D eigenvalue weighted by molar-refractivity contribution is -0.274. The molecule has 2 heterocycles. The van der Waals surface area contributed by atoms with Gasteiger partial charge in [-0.05, 0) is 78.6 Å². The van der Waals surface area contributed by atoms with E-state index in [-0.39, 0.29) is 35.7 Å². The molecule has 0 aliphatic heterocycles. The topological polar surface area (TPSA) is 125 Å². The number of halogens is 3. The third kappa shape index (κ3) is 7.91. The van der Waals surface area contributed by atoms with Crippen molar-refractivity contribution in [3.8, 4) is 5.75 Å². The lowest BCUT2D eigenvalue weighted by Crippen LogP contribution is -2.45. The van der Waals surface area contributed by atoms with E-state index in [0.717, 1.165) is 42.7 Å². The largest absolute Gasteiger partial charge is 0.573 e. The maximum atomic E-state index is 13.5. The second-order valence-electron chi connectivity index (χ2n) is 10.5. The second-order valence-corrected chi connectivity index (χ2v) is 11.6. The molecule has 2 aromatic heterocycles. The molecule has 0 atom stereocenters. The van der Waals surface area contributed by atoms with Gasteiger partial charge in [0.15, 0.2) is 0 Å². The van der Waals surface area contributed by atoms with Crippen LogP contribution in [0.15, 0.2) is 36.4 Å². The Morgan fingerprint density at radius 1 is 1.05 bits per heavy atom. The number of nitrogens with one attached hydrogen (secondary N) is 3. The minimum absolute atomic E-state index is 0.0323. The van der Waals surface area contributed by atoms with Gasteiger partial charge < -0.3 is 15.0 Å². The number of tetrazole rings is 1. The van der Waals surface area contributed by atoms with Gasteiger partial charge in [-0.15, -0.1) is 29.6 Å². The number of thiophene rings is 1. The summed E-state index contributed by atoms with van der Waals surface area (Å²) >= 11 is 1.25. The number of hydrogen-bond acceptors (Lipinski definition) is 7. The lowest BCUT2D eigenvalue weighted by Gasteiger charge is -2.41. The van der Waals surface area contributed by atoms with Gasteiger partial charge in [0.05, 0.1) is 11.4 Å². The molecule has 0 unspecified atom stereocenters. The summed E-state index contributed by atoms with van der Waals surface area (Å²) in [6.07, 6.45) is -1.20. The lowest BCUT2D eigenvalue weighted by atomic mass is 9.71. The number of H-pyrrole nitrogens is 1. The number of alkyl halides is 3. The van der Waals surface area contributed by atoms with Crippen molar-refractivity contribution in [3.63, 3.8) is 0 Å². The molecule has 3 amide bonds. The highest BCUT2D eigenvalue weighted by molar-refractivity contribution is 7.14. The molecule has 10 nitrogen and oxygen atoms in total. The van der Waals surface area contributed by atoms with Crippen molar-refractivity contribution in [1.29, 1.82) is 0 Å². The van der Waals surface area contributed by atoms with Gasteiger partial charge in [-0.2, -0.15) is 5.21 Å². The third-order valence-electron chi connectivity index (χ3n) is 6.74. The number of amides is 3. The Kier molecular flexibility index (Phi) is 8.42. The molecule has 3 aromatic rings. The molecule has 3 N–H and O–H groups in total. The molecule has 1 aliphatic carbocycles. The van der Waals surface area contributed by atoms with E-state index in [2.05, 4.69) is 56.8 Å². The number of anilines is 2. The first kappa shape index (κ1) is 28.3. The first-order valence-corrected chi connectivity index (χ1v) is 13.3. The standard InChI is InChI=1S/C25H30F3N7O3S/c1-24(2,3)15-4-8-17(9-5-15)35(23(37)29-16-6-10-18(11-7-16)38-25(26,27)28)14-19-12-13-20(39-19)21(36)30-22-31-33-34-32-22/h6-7,10-13,15,17H,4-5,8-9,14H2,1-3H3,(H,29,37)(H2,30,31,32,33,34,36). The molecule has 0 saturated heterocycles. The molecule has 1 saturated carbocycles. The van der Waals surface area contributed by atoms with Gasteiger partial charge in [0.25, 0.3) is 11.9 Å². The van der Waals surface area contributed by atoms with Crippen LogP contribution in [0, 0.1) is 11.3 Å². The molecule has 0 spiro atoms. The van der Waals surface area contributed by atoms with Crippen LogP contribution < -0.4 is 15.4 Å². The van der Waals surface area contributed by atoms with Crippen molar-refractivity contribution in [3.05, 3.63) is 46.2 Å². The fraction of sp³-hybridized carbons (Fsp3) is 0.480. The van der Waals surface area contributed by atoms with Crippen LogP contribution in [0.3, 0.4) is 0 Å². The van der Waals surface area contributed by atoms with E-state index in [1.165, 1.54) is 23.5 Å². The van der Waals surface area contributed by atoms with E-state index in [0.29, 0.717) is 16.5 Å². The molecule has 210 valence electrons. The molecule has 1 aliphatic rings. The summed E-state index contributed by atoms with van der Waals surface area (Å²) < 4.78 is 41.4. The molecule has 1 aromatic carbocycles. The summed E-state index contributed by atoms with van der Waals surface area (Å²) in [4.78, 5) is 29.0. The van der Waals surface area contributed by atoms with Gasteiger partial charge in [-0.25, -0.2) is 4.79 Å². The Balaban J connectivity index is 1.47. The Morgan fingerprint density at radius 2 is 1.74 bits per heavy atom. The fourth-order valence-corrected chi connectivity index (χ4v) is 5.59. The summed E-state index contributed by atoms with van der Waals surface area (Å²) in [7, 11) is 0. The highest BCUT2D eigenvalue weighted by Crippen LogP contribution is 2.39. The molecular weight excluding hydrogens is 535 g/mol. The number of rotatable bonds is 7. The van der Waals surface area contributed by atoms with Crippen LogP contribution in [-0.2, 0) is 6.54 Å². The highest BCUT2D eigenvalue weighted by Gasteiger charge is 2.34. The van der Waals surface area contributed by atoms with Gasteiger partial charge in [-0.1, -0.05) is 25.9 Å². The summed E-state index contributed by atoms with van der Waals surface area (Å²) in [5, 5.41) is 18.4. The number of hydrogen-bond donors (Lipinski definition) is 3. The molecule has 39 heavy (non-hydrogen) atoms. The Bertz CT molecular complexity index is 1250. The maximum Gasteiger partial charge on any atom is 0.573 e. The number of benzene rings is 1. The zero-order chi connectivity index (χ0) is 28.2. The van der Waals surface area contributed by atoms with Crippen molar-refractivity contribution >= 4 is 34.9 Å². The van der Waals surface area contributed by atoms with Crippen molar-refractivity contribution in [2.45, 2.75) is 65.4 Å². The van der Waals surface area contributed by atoms with Crippen molar-refractivity contribution in [1.82, 2.24) is 25.5 Å². The Morgan fingerprint density at radius 3 is 2.33 bits per heavy atom. The smallest absolute Gasteiger partial charge is 0.406 e. The molecule has 0 radical (unpaired) electrons. The molecule has 4 rings (SSSR count). The van der Waals surface area contributed by atoms with Gasteiger partial charge in [0.2, 0.25) is 0 Å². The third-order valence-corrected chi connectivity index (χ3v) is 7.81. The zero-order valence-corrected chi connectivity index (χ0v) is 22.5. The van der Waals surface area contributed by atoms with Crippen LogP contribution in [0.5, 0.6) is 5.75 Å². The van der Waals surface area contributed by atoms with Crippen LogP contribution in [0.4, 0.5) is 29.6 Å². The van der Waals surface area contributed by atoms with E-state index in [1.807, 2.05) is 0 Å². The highest BCUT2D eigenvalue weighted by atomic mass is 32.1. The van der Waals surface area contributed by atoms with Crippen molar-refractivity contribution < 1.29 is 27.5 Å². The van der Waals surface area contributed by atoms with Crippen molar-refractivity contribution in [2.24, 2.45) is 11.3 Å². The summed E-state index contributed by atoms with van der Waals surface area (Å²) in [5.41, 5.74) is 0.516. The van der Waals surface area contributed by atoms with Gasteiger partial charge in [0, 0.05) is 16.6 Å². The van der Waals surface area contributed by atoms with Gasteiger partial charge in [-0.3, -0.25) is 10.1 Å². The van der Waals surface area contributed by atoms with Crippen LogP contribution in [0.1, 0.15) is 61.0 Å². The number of urea groups is 1. The van der Waals surface area contributed by atoms with E-state index >= 15 is 0 Å². The number of carbonyl (C=O) groups excluding carboxylic acids is 2. The van der Waals surface area contributed by atoms with E-state index in [1.54, 1.807) is 17.0 Å². The van der Waals surface area contributed by atoms with Crippen LogP contribution in [-0.4, -0.2) is 49.9 Å². The quantitative estimate of drug-likeness (QED) is 0.320. The predicted molar refractivity (Wildman–Crippen MR) is 139 cm³/mol. The minimum Gasteiger partial charge on any atom is -0.406 e. The monoisotopic (exact) mass is 565 g/mol. The maximum absolute atomic E-state index is 13.5. The Hall–Kier alpha value is -3.68.